The number of benzene rings is 1. The molecule has 1 heterocycles. The van der Waals surface area contributed by atoms with Gasteiger partial charge in [-0.2, -0.15) is 0 Å². The van der Waals surface area contributed by atoms with Crippen LogP contribution in [0.25, 0.3) is 0 Å². The Morgan fingerprint density at radius 1 is 1.25 bits per heavy atom. The number of nitrogens with one attached hydrogen (secondary N) is 1. The fourth-order valence-corrected chi connectivity index (χ4v) is 3.84. The van der Waals surface area contributed by atoms with Gasteiger partial charge in [0.1, 0.15) is 0 Å². The van der Waals surface area contributed by atoms with Crippen molar-refractivity contribution in [2.24, 2.45) is 0 Å². The maximum atomic E-state index is 11.5. The van der Waals surface area contributed by atoms with Crippen molar-refractivity contribution >= 4 is 27.1 Å². The molecule has 3 rings (SSSR count). The predicted octanol–water partition coefficient (Wildman–Crippen LogP) is 1.83. The van der Waals surface area contributed by atoms with E-state index in [1.165, 1.54) is 18.4 Å². The molecular formula is C14H19ClN2O2S. The van der Waals surface area contributed by atoms with Gasteiger partial charge in [-0.05, 0) is 30.5 Å². The first-order valence-electron chi connectivity index (χ1n) is 7.01. The lowest BCUT2D eigenvalue weighted by atomic mass is 10.1. The minimum absolute atomic E-state index is 0.231. The van der Waals surface area contributed by atoms with Crippen LogP contribution in [-0.4, -0.2) is 39.1 Å². The summed E-state index contributed by atoms with van der Waals surface area (Å²) in [5, 5.41) is 4.20. The van der Waals surface area contributed by atoms with Crippen LogP contribution in [0.4, 0.5) is 5.69 Å². The third-order valence-electron chi connectivity index (χ3n) is 3.89. The quantitative estimate of drug-likeness (QED) is 0.921. The van der Waals surface area contributed by atoms with Crippen LogP contribution >= 0.6 is 11.6 Å². The molecule has 1 saturated heterocycles. The van der Waals surface area contributed by atoms with E-state index < -0.39 is 9.84 Å². The molecule has 0 unspecified atom stereocenters. The summed E-state index contributed by atoms with van der Waals surface area (Å²) < 4.78 is 23.1. The van der Waals surface area contributed by atoms with E-state index in [1.807, 2.05) is 18.2 Å². The van der Waals surface area contributed by atoms with Crippen molar-refractivity contribution in [2.75, 3.05) is 29.5 Å². The van der Waals surface area contributed by atoms with Crippen LogP contribution in [0.15, 0.2) is 18.2 Å². The van der Waals surface area contributed by atoms with Gasteiger partial charge in [0.25, 0.3) is 0 Å². The average Bonchev–Trinajstić information content (AvgIpc) is 3.21. The first kappa shape index (κ1) is 14.2. The molecule has 0 aromatic heterocycles. The highest BCUT2D eigenvalue weighted by Crippen LogP contribution is 2.27. The number of halogens is 1. The zero-order valence-electron chi connectivity index (χ0n) is 11.3. The highest BCUT2D eigenvalue weighted by Gasteiger charge is 2.24. The predicted molar refractivity (Wildman–Crippen MR) is 82.2 cm³/mol. The molecule has 110 valence electrons. The fraction of sp³-hybridized carbons (Fsp3) is 0.571. The van der Waals surface area contributed by atoms with E-state index in [4.69, 9.17) is 11.6 Å². The average molecular weight is 315 g/mol. The van der Waals surface area contributed by atoms with E-state index in [0.29, 0.717) is 24.2 Å². The van der Waals surface area contributed by atoms with Gasteiger partial charge in [0, 0.05) is 36.4 Å². The van der Waals surface area contributed by atoms with E-state index in [1.54, 1.807) is 0 Å². The van der Waals surface area contributed by atoms with Crippen molar-refractivity contribution in [1.29, 1.82) is 0 Å². The number of rotatable bonds is 4. The molecule has 1 aliphatic heterocycles. The van der Waals surface area contributed by atoms with Crippen LogP contribution in [-0.2, 0) is 16.4 Å². The van der Waals surface area contributed by atoms with Crippen molar-refractivity contribution in [1.82, 2.24) is 5.32 Å². The van der Waals surface area contributed by atoms with Gasteiger partial charge in [-0.15, -0.1) is 0 Å². The Morgan fingerprint density at radius 2 is 1.95 bits per heavy atom. The van der Waals surface area contributed by atoms with Crippen LogP contribution in [0.3, 0.4) is 0 Å². The van der Waals surface area contributed by atoms with Gasteiger partial charge < -0.3 is 10.2 Å². The summed E-state index contributed by atoms with van der Waals surface area (Å²) in [5.74, 6) is 0.462. The first-order valence-corrected chi connectivity index (χ1v) is 9.21. The van der Waals surface area contributed by atoms with Crippen molar-refractivity contribution in [3.8, 4) is 0 Å². The Labute approximate surface area is 125 Å². The molecule has 2 aliphatic rings. The van der Waals surface area contributed by atoms with Crippen molar-refractivity contribution in [3.63, 3.8) is 0 Å². The van der Waals surface area contributed by atoms with Crippen LogP contribution in [0.1, 0.15) is 18.4 Å². The second-order valence-corrected chi connectivity index (χ2v) is 8.31. The SMILES string of the molecule is O=S1(=O)CCN(c2cc(Cl)ccc2CNC2CC2)CC1. The summed E-state index contributed by atoms with van der Waals surface area (Å²) in [6, 6.07) is 6.54. The summed E-state index contributed by atoms with van der Waals surface area (Å²) in [6.07, 6.45) is 2.51. The van der Waals surface area contributed by atoms with Gasteiger partial charge in [-0.3, -0.25) is 0 Å². The van der Waals surface area contributed by atoms with Crippen molar-refractivity contribution in [2.45, 2.75) is 25.4 Å². The molecule has 4 nitrogen and oxygen atoms in total. The normalized spacial score (nSPS) is 21.9. The van der Waals surface area contributed by atoms with Crippen LogP contribution < -0.4 is 10.2 Å². The number of hydrogen-bond donors (Lipinski definition) is 1. The molecule has 0 atom stereocenters. The number of nitrogens with zero attached hydrogens (tertiary/aromatic N) is 1. The van der Waals surface area contributed by atoms with Gasteiger partial charge >= 0.3 is 0 Å². The topological polar surface area (TPSA) is 49.4 Å². The van der Waals surface area contributed by atoms with E-state index in [2.05, 4.69) is 10.2 Å². The van der Waals surface area contributed by atoms with Gasteiger partial charge in [-0.25, -0.2) is 8.42 Å². The van der Waals surface area contributed by atoms with Crippen LogP contribution in [0.2, 0.25) is 5.02 Å². The lowest BCUT2D eigenvalue weighted by Gasteiger charge is -2.30. The molecule has 0 amide bonds. The van der Waals surface area contributed by atoms with Crippen LogP contribution in [0.5, 0.6) is 0 Å². The van der Waals surface area contributed by atoms with E-state index in [9.17, 15) is 8.42 Å². The van der Waals surface area contributed by atoms with Crippen molar-refractivity contribution in [3.05, 3.63) is 28.8 Å². The smallest absolute Gasteiger partial charge is 0.153 e. The maximum Gasteiger partial charge on any atom is 0.153 e. The van der Waals surface area contributed by atoms with Gasteiger partial charge in [0.15, 0.2) is 9.84 Å². The highest BCUT2D eigenvalue weighted by molar-refractivity contribution is 7.91. The molecule has 0 spiro atoms. The van der Waals surface area contributed by atoms with Crippen LogP contribution in [0, 0.1) is 0 Å². The van der Waals surface area contributed by atoms with E-state index in [0.717, 1.165) is 12.2 Å². The highest BCUT2D eigenvalue weighted by atomic mass is 35.5. The molecular weight excluding hydrogens is 296 g/mol. The Hall–Kier alpha value is -0.780. The fourth-order valence-electron chi connectivity index (χ4n) is 2.48. The Balaban J connectivity index is 1.77. The third-order valence-corrected chi connectivity index (χ3v) is 5.74. The molecule has 0 radical (unpaired) electrons. The molecule has 1 saturated carbocycles. The standard InChI is InChI=1S/C14H19ClN2O2S/c15-12-2-1-11(10-16-13-3-4-13)14(9-12)17-5-7-20(18,19)8-6-17/h1-2,9,13,16H,3-8,10H2. The van der Waals surface area contributed by atoms with Gasteiger partial charge in [0.05, 0.1) is 11.5 Å². The summed E-state index contributed by atoms with van der Waals surface area (Å²) in [4.78, 5) is 2.14. The lowest BCUT2D eigenvalue weighted by Crippen LogP contribution is -2.40. The maximum absolute atomic E-state index is 11.5. The molecule has 1 N–H and O–H groups in total. The number of hydrogen-bond acceptors (Lipinski definition) is 4. The minimum Gasteiger partial charge on any atom is -0.369 e. The molecule has 6 heteroatoms. The molecule has 1 aromatic rings. The Morgan fingerprint density at radius 3 is 2.60 bits per heavy atom. The van der Waals surface area contributed by atoms with E-state index in [-0.39, 0.29) is 11.5 Å². The largest absolute Gasteiger partial charge is 0.369 e. The van der Waals surface area contributed by atoms with E-state index >= 15 is 0 Å². The number of anilines is 1. The second kappa shape index (κ2) is 5.54. The van der Waals surface area contributed by atoms with Gasteiger partial charge in [0.2, 0.25) is 0 Å². The molecule has 2 fully saturated rings. The molecule has 20 heavy (non-hydrogen) atoms. The lowest BCUT2D eigenvalue weighted by molar-refractivity contribution is 0.586. The summed E-state index contributed by atoms with van der Waals surface area (Å²) >= 11 is 6.10. The Bertz CT molecular complexity index is 585. The van der Waals surface area contributed by atoms with Gasteiger partial charge in [-0.1, -0.05) is 17.7 Å². The molecule has 1 aromatic carbocycles. The monoisotopic (exact) mass is 314 g/mol. The summed E-state index contributed by atoms with van der Waals surface area (Å²) in [6.45, 7) is 1.93. The Kier molecular flexibility index (Phi) is 3.93. The first-order chi connectivity index (χ1) is 9.53. The number of sulfone groups is 1. The zero-order valence-corrected chi connectivity index (χ0v) is 12.9. The summed E-state index contributed by atoms with van der Waals surface area (Å²) in [7, 11) is -2.85. The zero-order chi connectivity index (χ0) is 14.2. The summed E-state index contributed by atoms with van der Waals surface area (Å²) in [5.41, 5.74) is 2.26. The van der Waals surface area contributed by atoms with Crippen molar-refractivity contribution < 1.29 is 8.42 Å². The molecule has 0 bridgehead atoms. The molecule has 1 aliphatic carbocycles. The third kappa shape index (κ3) is 3.45. The second-order valence-electron chi connectivity index (χ2n) is 5.57. The minimum atomic E-state index is -2.85.